The van der Waals surface area contributed by atoms with Crippen molar-refractivity contribution in [2.45, 2.75) is 26.4 Å². The second-order valence-electron chi connectivity index (χ2n) is 8.59. The number of aromatic nitrogens is 2. The van der Waals surface area contributed by atoms with E-state index in [1.807, 2.05) is 73.7 Å². The van der Waals surface area contributed by atoms with E-state index in [0.717, 1.165) is 38.8 Å². The number of benzene rings is 2. The summed E-state index contributed by atoms with van der Waals surface area (Å²) in [7, 11) is 0. The van der Waals surface area contributed by atoms with Gasteiger partial charge in [-0.05, 0) is 56.2 Å². The molecule has 0 radical (unpaired) electrons. The number of carbonyl (C=O) groups excluding carboxylic acids is 2. The molecule has 2 amide bonds. The molecule has 1 N–H and O–H groups in total. The standard InChI is InChI=1S/C28H26N4O3S/c1-18-28(34)32(17-25(33)30-15-13-20-8-4-3-5-9-20)23-16-21(11-12-24(23)35-18)26-19(2)36-27(31-26)22-10-6-7-14-29-22/h3-12,14,16,18H,13,15,17H2,1-2H3,(H,30,33). The highest BCUT2D eigenvalue weighted by atomic mass is 32.1. The highest BCUT2D eigenvalue weighted by Crippen LogP contribution is 2.39. The molecule has 0 saturated heterocycles. The maximum Gasteiger partial charge on any atom is 0.268 e. The van der Waals surface area contributed by atoms with Gasteiger partial charge in [-0.1, -0.05) is 36.4 Å². The highest BCUT2D eigenvalue weighted by molar-refractivity contribution is 7.15. The zero-order chi connectivity index (χ0) is 25.1. The van der Waals surface area contributed by atoms with Gasteiger partial charge in [0.25, 0.3) is 5.91 Å². The van der Waals surface area contributed by atoms with Gasteiger partial charge in [-0.2, -0.15) is 0 Å². The molecule has 0 aliphatic carbocycles. The van der Waals surface area contributed by atoms with Gasteiger partial charge in [-0.3, -0.25) is 19.5 Å². The Morgan fingerprint density at radius 3 is 2.69 bits per heavy atom. The first-order chi connectivity index (χ1) is 17.5. The topological polar surface area (TPSA) is 84.4 Å². The van der Waals surface area contributed by atoms with Crippen LogP contribution in [0.15, 0.2) is 72.9 Å². The molecule has 1 unspecified atom stereocenters. The molecule has 2 aromatic heterocycles. The van der Waals surface area contributed by atoms with Crippen molar-refractivity contribution >= 4 is 28.8 Å². The molecule has 1 aliphatic rings. The monoisotopic (exact) mass is 498 g/mol. The number of pyridine rings is 1. The molecular weight excluding hydrogens is 472 g/mol. The van der Waals surface area contributed by atoms with Crippen molar-refractivity contribution in [3.63, 3.8) is 0 Å². The van der Waals surface area contributed by atoms with E-state index in [0.29, 0.717) is 18.0 Å². The normalized spacial score (nSPS) is 14.8. The van der Waals surface area contributed by atoms with E-state index >= 15 is 0 Å². The smallest absolute Gasteiger partial charge is 0.268 e. The number of hydrogen-bond donors (Lipinski definition) is 1. The Morgan fingerprint density at radius 2 is 1.92 bits per heavy atom. The molecule has 0 saturated carbocycles. The minimum absolute atomic E-state index is 0.0764. The molecule has 3 heterocycles. The molecule has 1 atom stereocenters. The summed E-state index contributed by atoms with van der Waals surface area (Å²) in [5, 5.41) is 3.76. The molecule has 5 rings (SSSR count). The first-order valence-electron chi connectivity index (χ1n) is 11.8. The van der Waals surface area contributed by atoms with Gasteiger partial charge in [0.1, 0.15) is 17.3 Å². The lowest BCUT2D eigenvalue weighted by molar-refractivity contribution is -0.128. The Hall–Kier alpha value is -4.04. The Kier molecular flexibility index (Phi) is 6.77. The third kappa shape index (κ3) is 4.99. The number of carbonyl (C=O) groups is 2. The fourth-order valence-corrected chi connectivity index (χ4v) is 5.08. The van der Waals surface area contributed by atoms with Crippen LogP contribution >= 0.6 is 11.3 Å². The maximum atomic E-state index is 13.0. The molecular formula is C28H26N4O3S. The summed E-state index contributed by atoms with van der Waals surface area (Å²) >= 11 is 1.57. The number of aryl methyl sites for hydroxylation is 1. The summed E-state index contributed by atoms with van der Waals surface area (Å²) in [6.07, 6.45) is 1.80. The first kappa shape index (κ1) is 23.7. The van der Waals surface area contributed by atoms with Crippen LogP contribution in [-0.4, -0.2) is 41.0 Å². The molecule has 36 heavy (non-hydrogen) atoms. The molecule has 0 bridgehead atoms. The third-order valence-electron chi connectivity index (χ3n) is 6.00. The number of rotatable bonds is 7. The van der Waals surface area contributed by atoms with Crippen molar-refractivity contribution in [1.82, 2.24) is 15.3 Å². The molecule has 0 spiro atoms. The van der Waals surface area contributed by atoms with E-state index in [9.17, 15) is 9.59 Å². The van der Waals surface area contributed by atoms with Gasteiger partial charge < -0.3 is 10.1 Å². The van der Waals surface area contributed by atoms with Crippen LogP contribution in [0.2, 0.25) is 0 Å². The van der Waals surface area contributed by atoms with Gasteiger partial charge in [0.2, 0.25) is 5.91 Å². The molecule has 4 aromatic rings. The molecule has 2 aromatic carbocycles. The lowest BCUT2D eigenvalue weighted by Crippen LogP contribution is -2.49. The number of ether oxygens (including phenoxy) is 1. The van der Waals surface area contributed by atoms with Crippen LogP contribution in [-0.2, 0) is 16.0 Å². The lowest BCUT2D eigenvalue weighted by atomic mass is 10.1. The van der Waals surface area contributed by atoms with E-state index < -0.39 is 6.10 Å². The largest absolute Gasteiger partial charge is 0.479 e. The van der Waals surface area contributed by atoms with E-state index in [1.54, 1.807) is 24.5 Å². The second kappa shape index (κ2) is 10.3. The summed E-state index contributed by atoms with van der Waals surface area (Å²) in [5.41, 5.74) is 4.20. The molecule has 8 heteroatoms. The van der Waals surface area contributed by atoms with Crippen LogP contribution in [0, 0.1) is 6.92 Å². The van der Waals surface area contributed by atoms with Crippen molar-refractivity contribution in [3.05, 3.63) is 83.4 Å². The quantitative estimate of drug-likeness (QED) is 0.401. The second-order valence-corrected chi connectivity index (χ2v) is 9.79. The average molecular weight is 499 g/mol. The van der Waals surface area contributed by atoms with Gasteiger partial charge in [0.05, 0.1) is 17.1 Å². The summed E-state index contributed by atoms with van der Waals surface area (Å²) in [6.45, 7) is 4.13. The maximum absolute atomic E-state index is 13.0. The van der Waals surface area contributed by atoms with Crippen molar-refractivity contribution in [3.8, 4) is 27.7 Å². The summed E-state index contributed by atoms with van der Waals surface area (Å²) in [4.78, 5) is 37.6. The van der Waals surface area contributed by atoms with Crippen LogP contribution in [0.1, 0.15) is 17.4 Å². The first-order valence-corrected chi connectivity index (χ1v) is 12.6. The number of thiazole rings is 1. The van der Waals surface area contributed by atoms with Crippen LogP contribution in [0.4, 0.5) is 5.69 Å². The minimum Gasteiger partial charge on any atom is -0.479 e. The number of hydrogen-bond acceptors (Lipinski definition) is 6. The minimum atomic E-state index is -0.669. The lowest BCUT2D eigenvalue weighted by Gasteiger charge is -2.33. The molecule has 1 aliphatic heterocycles. The number of nitrogens with one attached hydrogen (secondary N) is 1. The summed E-state index contributed by atoms with van der Waals surface area (Å²) in [5.74, 6) is 0.106. The van der Waals surface area contributed by atoms with Crippen LogP contribution in [0.5, 0.6) is 5.75 Å². The average Bonchev–Trinajstić information content (AvgIpc) is 3.29. The van der Waals surface area contributed by atoms with Gasteiger partial charge in [0, 0.05) is 23.2 Å². The summed E-state index contributed by atoms with van der Waals surface area (Å²) < 4.78 is 5.84. The zero-order valence-electron chi connectivity index (χ0n) is 20.1. The fraction of sp³-hybridized carbons (Fsp3) is 0.214. The van der Waals surface area contributed by atoms with Crippen molar-refractivity contribution in [2.75, 3.05) is 18.0 Å². The van der Waals surface area contributed by atoms with Gasteiger partial charge >= 0.3 is 0 Å². The number of nitrogens with zero attached hydrogens (tertiary/aromatic N) is 3. The third-order valence-corrected chi connectivity index (χ3v) is 7.00. The molecule has 7 nitrogen and oxygen atoms in total. The fourth-order valence-electron chi connectivity index (χ4n) is 4.17. The Morgan fingerprint density at radius 1 is 1.11 bits per heavy atom. The summed E-state index contributed by atoms with van der Waals surface area (Å²) in [6, 6.07) is 21.4. The van der Waals surface area contributed by atoms with Gasteiger partial charge in [-0.25, -0.2) is 4.98 Å². The zero-order valence-corrected chi connectivity index (χ0v) is 20.9. The van der Waals surface area contributed by atoms with Crippen LogP contribution in [0.3, 0.4) is 0 Å². The van der Waals surface area contributed by atoms with Crippen LogP contribution in [0.25, 0.3) is 22.0 Å². The molecule has 0 fully saturated rings. The van der Waals surface area contributed by atoms with Crippen molar-refractivity contribution in [1.29, 1.82) is 0 Å². The Balaban J connectivity index is 1.37. The number of fused-ring (bicyclic) bond motifs is 1. The van der Waals surface area contributed by atoms with Crippen molar-refractivity contribution < 1.29 is 14.3 Å². The molecule has 182 valence electrons. The number of amides is 2. The Bertz CT molecular complexity index is 1390. The Labute approximate surface area is 213 Å². The predicted octanol–water partition coefficient (Wildman–Crippen LogP) is 4.65. The van der Waals surface area contributed by atoms with E-state index in [4.69, 9.17) is 9.72 Å². The van der Waals surface area contributed by atoms with E-state index in [1.165, 1.54) is 4.90 Å². The van der Waals surface area contributed by atoms with Crippen LogP contribution < -0.4 is 15.0 Å². The SMILES string of the molecule is Cc1sc(-c2ccccn2)nc1-c1ccc2c(c1)N(CC(=O)NCCc1ccccc1)C(=O)C(C)O2. The van der Waals surface area contributed by atoms with Gasteiger partial charge in [0.15, 0.2) is 6.10 Å². The van der Waals surface area contributed by atoms with Gasteiger partial charge in [-0.15, -0.1) is 11.3 Å². The highest BCUT2D eigenvalue weighted by Gasteiger charge is 2.33. The predicted molar refractivity (Wildman–Crippen MR) is 141 cm³/mol. The number of anilines is 1. The van der Waals surface area contributed by atoms with E-state index in [-0.39, 0.29) is 18.4 Å². The van der Waals surface area contributed by atoms with E-state index in [2.05, 4.69) is 10.3 Å². The van der Waals surface area contributed by atoms with Crippen molar-refractivity contribution in [2.24, 2.45) is 0 Å².